The molecule has 0 aliphatic carbocycles. The van der Waals surface area contributed by atoms with Crippen molar-refractivity contribution in [3.05, 3.63) is 99.5 Å². The number of rotatable bonds is 10. The Balaban J connectivity index is 1.33. The lowest BCUT2D eigenvalue weighted by Gasteiger charge is -2.09. The van der Waals surface area contributed by atoms with Gasteiger partial charge in [-0.3, -0.25) is 10.1 Å². The molecule has 36 heavy (non-hydrogen) atoms. The molecule has 1 heterocycles. The van der Waals surface area contributed by atoms with Gasteiger partial charge in [-0.2, -0.15) is 0 Å². The summed E-state index contributed by atoms with van der Waals surface area (Å²) < 4.78 is 27.4. The number of hydrogen-bond acceptors (Lipinski definition) is 7. The summed E-state index contributed by atoms with van der Waals surface area (Å²) in [6.07, 6.45) is 0.350. The molecule has 0 radical (unpaired) electrons. The largest absolute Gasteiger partial charge is 0.296 e. The summed E-state index contributed by atoms with van der Waals surface area (Å²) in [5, 5.41) is 12.6. The number of hydrogen-bond donors (Lipinski definition) is 2. The van der Waals surface area contributed by atoms with Crippen molar-refractivity contribution in [1.82, 2.24) is 14.9 Å². The molecular weight excluding hydrogens is 536 g/mol. The molecule has 0 fully saturated rings. The third kappa shape index (κ3) is 6.92. The van der Waals surface area contributed by atoms with Gasteiger partial charge < -0.3 is 0 Å². The van der Waals surface area contributed by atoms with Crippen LogP contribution in [0, 0.1) is 6.92 Å². The van der Waals surface area contributed by atoms with E-state index in [-0.39, 0.29) is 17.3 Å². The van der Waals surface area contributed by atoms with Gasteiger partial charge in [0, 0.05) is 28.6 Å². The van der Waals surface area contributed by atoms with Crippen LogP contribution >= 0.6 is 34.7 Å². The van der Waals surface area contributed by atoms with E-state index in [0.717, 1.165) is 16.0 Å². The van der Waals surface area contributed by atoms with E-state index in [1.807, 2.05) is 43.3 Å². The SMILES string of the molecule is Cc1ccc(S(=O)(=O)NCCc2nnc(NC(=O)c3ccccc3SCc3ccccc3Cl)s2)cc1. The molecule has 186 valence electrons. The van der Waals surface area contributed by atoms with E-state index in [1.165, 1.54) is 23.1 Å². The number of nitrogens with zero attached hydrogens (tertiary/aromatic N) is 2. The average Bonchev–Trinajstić information content (AvgIpc) is 3.31. The van der Waals surface area contributed by atoms with Gasteiger partial charge in [-0.25, -0.2) is 13.1 Å². The molecule has 11 heteroatoms. The second kappa shape index (κ2) is 12.0. The van der Waals surface area contributed by atoms with Gasteiger partial charge in [0.25, 0.3) is 5.91 Å². The van der Waals surface area contributed by atoms with Gasteiger partial charge in [-0.1, -0.05) is 71.0 Å². The van der Waals surface area contributed by atoms with E-state index >= 15 is 0 Å². The lowest BCUT2D eigenvalue weighted by atomic mass is 10.2. The number of nitrogens with one attached hydrogen (secondary N) is 2. The Hall–Kier alpha value is -2.76. The highest BCUT2D eigenvalue weighted by Crippen LogP contribution is 2.29. The van der Waals surface area contributed by atoms with Crippen molar-refractivity contribution in [1.29, 1.82) is 0 Å². The zero-order valence-corrected chi connectivity index (χ0v) is 22.5. The van der Waals surface area contributed by atoms with Crippen molar-refractivity contribution >= 4 is 55.8 Å². The third-order valence-corrected chi connectivity index (χ3v) is 8.99. The highest BCUT2D eigenvalue weighted by Gasteiger charge is 2.16. The van der Waals surface area contributed by atoms with Crippen molar-refractivity contribution in [2.24, 2.45) is 0 Å². The first-order valence-electron chi connectivity index (χ1n) is 11.0. The maximum Gasteiger partial charge on any atom is 0.258 e. The number of sulfonamides is 1. The molecule has 0 spiro atoms. The molecule has 0 saturated carbocycles. The van der Waals surface area contributed by atoms with E-state index in [9.17, 15) is 13.2 Å². The summed E-state index contributed by atoms with van der Waals surface area (Å²) in [6.45, 7) is 2.06. The Morgan fingerprint density at radius 3 is 2.50 bits per heavy atom. The van der Waals surface area contributed by atoms with Crippen LogP contribution in [0.25, 0.3) is 0 Å². The van der Waals surface area contributed by atoms with Crippen LogP contribution in [0.4, 0.5) is 5.13 Å². The number of halogens is 1. The third-order valence-electron chi connectivity index (χ3n) is 5.12. The lowest BCUT2D eigenvalue weighted by molar-refractivity contribution is 0.102. The number of aromatic nitrogens is 2. The number of carbonyl (C=O) groups excluding carboxylic acids is 1. The van der Waals surface area contributed by atoms with Gasteiger partial charge >= 0.3 is 0 Å². The smallest absolute Gasteiger partial charge is 0.258 e. The van der Waals surface area contributed by atoms with Crippen LogP contribution in [-0.2, 0) is 22.2 Å². The quantitative estimate of drug-likeness (QED) is 0.247. The highest BCUT2D eigenvalue weighted by atomic mass is 35.5. The minimum absolute atomic E-state index is 0.167. The van der Waals surface area contributed by atoms with Crippen molar-refractivity contribution in [2.75, 3.05) is 11.9 Å². The number of amides is 1. The first-order chi connectivity index (χ1) is 17.3. The van der Waals surface area contributed by atoms with Gasteiger partial charge in [0.1, 0.15) is 5.01 Å². The number of aryl methyl sites for hydroxylation is 1. The van der Waals surface area contributed by atoms with E-state index in [1.54, 1.807) is 36.4 Å². The summed E-state index contributed by atoms with van der Waals surface area (Å²) in [7, 11) is -3.60. The summed E-state index contributed by atoms with van der Waals surface area (Å²) in [6, 6.07) is 21.6. The van der Waals surface area contributed by atoms with Gasteiger partial charge in [-0.05, 0) is 42.8 Å². The molecule has 0 atom stereocenters. The summed E-state index contributed by atoms with van der Waals surface area (Å²) in [4.78, 5) is 14.0. The summed E-state index contributed by atoms with van der Waals surface area (Å²) >= 11 is 8.99. The van der Waals surface area contributed by atoms with Crippen LogP contribution in [0.1, 0.15) is 26.5 Å². The molecule has 0 aliphatic heterocycles. The average molecular weight is 559 g/mol. The summed E-state index contributed by atoms with van der Waals surface area (Å²) in [5.74, 6) is 0.339. The normalized spacial score (nSPS) is 11.4. The molecule has 4 rings (SSSR count). The highest BCUT2D eigenvalue weighted by molar-refractivity contribution is 7.98. The van der Waals surface area contributed by atoms with Crippen LogP contribution in [-0.4, -0.2) is 31.1 Å². The second-order valence-corrected chi connectivity index (χ2v) is 12.0. The van der Waals surface area contributed by atoms with E-state index in [4.69, 9.17) is 11.6 Å². The fourth-order valence-electron chi connectivity index (χ4n) is 3.21. The number of carbonyl (C=O) groups is 1. The molecule has 7 nitrogen and oxygen atoms in total. The van der Waals surface area contributed by atoms with Crippen molar-refractivity contribution in [3.8, 4) is 0 Å². The molecule has 1 aromatic heterocycles. The topological polar surface area (TPSA) is 101 Å². The van der Waals surface area contributed by atoms with Crippen LogP contribution in [0.15, 0.2) is 82.6 Å². The first-order valence-corrected chi connectivity index (χ1v) is 14.6. The van der Waals surface area contributed by atoms with Crippen molar-refractivity contribution in [2.45, 2.75) is 28.9 Å². The molecule has 2 N–H and O–H groups in total. The molecule has 3 aromatic carbocycles. The lowest BCUT2D eigenvalue weighted by Crippen LogP contribution is -2.25. The Labute approximate surface area is 223 Å². The predicted molar refractivity (Wildman–Crippen MR) is 145 cm³/mol. The number of anilines is 1. The molecule has 0 aliphatic rings. The van der Waals surface area contributed by atoms with Crippen LogP contribution in [0.2, 0.25) is 5.02 Å². The molecule has 0 bridgehead atoms. The summed E-state index contributed by atoms with van der Waals surface area (Å²) in [5.41, 5.74) is 2.50. The monoisotopic (exact) mass is 558 g/mol. The molecule has 1 amide bonds. The maximum absolute atomic E-state index is 12.9. The minimum atomic E-state index is -3.60. The van der Waals surface area contributed by atoms with E-state index < -0.39 is 10.0 Å². The first kappa shape index (κ1) is 26.3. The second-order valence-electron chi connectivity index (χ2n) is 7.79. The molecule has 0 unspecified atom stereocenters. The van der Waals surface area contributed by atoms with Gasteiger partial charge in [0.2, 0.25) is 15.2 Å². The fourth-order valence-corrected chi connectivity index (χ4v) is 6.32. The van der Waals surface area contributed by atoms with Crippen molar-refractivity contribution in [3.63, 3.8) is 0 Å². The van der Waals surface area contributed by atoms with Crippen molar-refractivity contribution < 1.29 is 13.2 Å². The van der Waals surface area contributed by atoms with Crippen LogP contribution < -0.4 is 10.0 Å². The number of thioether (sulfide) groups is 1. The van der Waals surface area contributed by atoms with Crippen LogP contribution in [0.3, 0.4) is 0 Å². The Morgan fingerprint density at radius 1 is 1.00 bits per heavy atom. The Morgan fingerprint density at radius 2 is 1.72 bits per heavy atom. The Bertz CT molecular complexity index is 1460. The molecule has 4 aromatic rings. The zero-order chi connectivity index (χ0) is 25.5. The molecular formula is C25H23ClN4O3S3. The molecule has 0 saturated heterocycles. The van der Waals surface area contributed by atoms with E-state index in [0.29, 0.717) is 32.9 Å². The van der Waals surface area contributed by atoms with Gasteiger partial charge in [0.05, 0.1) is 10.5 Å². The standard InChI is InChI=1S/C25H23ClN4O3S3/c1-17-10-12-19(13-11-17)36(32,33)27-15-14-23-29-30-25(35-23)28-24(31)20-7-3-5-9-22(20)34-16-18-6-2-4-8-21(18)26/h2-13,27H,14-16H2,1H3,(H,28,30,31). The Kier molecular flexibility index (Phi) is 8.76. The van der Waals surface area contributed by atoms with E-state index in [2.05, 4.69) is 20.2 Å². The number of benzene rings is 3. The zero-order valence-electron chi connectivity index (χ0n) is 19.3. The van der Waals surface area contributed by atoms with Gasteiger partial charge in [0.15, 0.2) is 0 Å². The fraction of sp³-hybridized carbons (Fsp3) is 0.160. The predicted octanol–water partition coefficient (Wildman–Crippen LogP) is 5.57. The minimum Gasteiger partial charge on any atom is -0.296 e. The van der Waals surface area contributed by atoms with Gasteiger partial charge in [-0.15, -0.1) is 22.0 Å². The maximum atomic E-state index is 12.9. The van der Waals surface area contributed by atoms with Crippen LogP contribution in [0.5, 0.6) is 0 Å².